The Balaban J connectivity index is 1.72. The van der Waals surface area contributed by atoms with Crippen molar-refractivity contribution in [2.24, 2.45) is 10.9 Å². The maximum absolute atomic E-state index is 12.4. The summed E-state index contributed by atoms with van der Waals surface area (Å²) < 4.78 is 41.9. The highest BCUT2D eigenvalue weighted by atomic mass is 79.9. The van der Waals surface area contributed by atoms with Gasteiger partial charge in [-0.05, 0) is 37.0 Å². The summed E-state index contributed by atoms with van der Waals surface area (Å²) >= 11 is 4.74. The Hall–Kier alpha value is -0.890. The summed E-state index contributed by atoms with van der Waals surface area (Å²) in [7, 11) is 0. The molecule has 1 heterocycles. The van der Waals surface area contributed by atoms with Gasteiger partial charge in [0.2, 0.25) is 0 Å². The van der Waals surface area contributed by atoms with Crippen LogP contribution in [-0.2, 0) is 0 Å². The van der Waals surface area contributed by atoms with Crippen LogP contribution in [0.2, 0.25) is 0 Å². The van der Waals surface area contributed by atoms with Crippen molar-refractivity contribution in [2.75, 3.05) is 11.9 Å². The Labute approximate surface area is 132 Å². The molecule has 1 aromatic carbocycles. The zero-order chi connectivity index (χ0) is 15.0. The van der Waals surface area contributed by atoms with E-state index in [4.69, 9.17) is 0 Å². The molecule has 1 aliphatic heterocycles. The van der Waals surface area contributed by atoms with Gasteiger partial charge in [0.1, 0.15) is 0 Å². The lowest BCUT2D eigenvalue weighted by molar-refractivity contribution is -0.274. The molecule has 21 heavy (non-hydrogen) atoms. The second-order valence-corrected chi connectivity index (χ2v) is 7.10. The normalized spacial score (nSPS) is 22.1. The van der Waals surface area contributed by atoms with Crippen LogP contribution in [0.3, 0.4) is 0 Å². The predicted octanol–water partition coefficient (Wildman–Crippen LogP) is 4.64. The number of rotatable bonds is 3. The number of amidine groups is 1. The van der Waals surface area contributed by atoms with Crippen LogP contribution in [0.4, 0.5) is 18.9 Å². The molecule has 0 amide bonds. The first-order valence-corrected chi connectivity index (χ1v) is 8.11. The van der Waals surface area contributed by atoms with Crippen molar-refractivity contribution in [2.45, 2.75) is 24.5 Å². The van der Waals surface area contributed by atoms with E-state index in [1.165, 1.54) is 18.9 Å². The Bertz CT molecular complexity index is 575. The quantitative estimate of drug-likeness (QED) is 0.828. The van der Waals surface area contributed by atoms with Crippen molar-refractivity contribution in [1.29, 1.82) is 0 Å². The van der Waals surface area contributed by atoms with Crippen LogP contribution in [0.25, 0.3) is 0 Å². The molecular formula is C13H12BrF3N2OS. The highest BCUT2D eigenvalue weighted by Gasteiger charge is 2.36. The highest BCUT2D eigenvalue weighted by molar-refractivity contribution is 9.10. The number of benzene rings is 1. The summed E-state index contributed by atoms with van der Waals surface area (Å²) in [5.74, 6) is 0.434. The first-order chi connectivity index (χ1) is 9.90. The lowest BCUT2D eigenvalue weighted by Crippen LogP contribution is -2.19. The number of aliphatic imine (C=N–C) groups is 1. The fourth-order valence-electron chi connectivity index (χ4n) is 2.10. The zero-order valence-electron chi connectivity index (χ0n) is 10.8. The summed E-state index contributed by atoms with van der Waals surface area (Å²) in [6, 6.07) is 4.48. The molecule has 0 bridgehead atoms. The molecule has 114 valence electrons. The summed E-state index contributed by atoms with van der Waals surface area (Å²) in [5.41, 5.74) is 0.262. The van der Waals surface area contributed by atoms with Crippen LogP contribution in [0.15, 0.2) is 27.7 Å². The maximum Gasteiger partial charge on any atom is 0.573 e. The SMILES string of the molecule is FC(F)(F)Oc1cc(Br)ccc1NC1=NCC(C2CC2)S1. The van der Waals surface area contributed by atoms with Gasteiger partial charge in [-0.25, -0.2) is 0 Å². The van der Waals surface area contributed by atoms with Crippen LogP contribution in [0.1, 0.15) is 12.8 Å². The summed E-state index contributed by atoms with van der Waals surface area (Å²) in [6.45, 7) is 0.726. The molecule has 1 atom stereocenters. The smallest absolute Gasteiger partial charge is 0.404 e. The summed E-state index contributed by atoms with van der Waals surface area (Å²) in [6.07, 6.45) is -2.28. The third-order valence-corrected chi connectivity index (χ3v) is 5.02. The van der Waals surface area contributed by atoms with E-state index in [2.05, 4.69) is 31.0 Å². The average Bonchev–Trinajstić information content (AvgIpc) is 3.12. The van der Waals surface area contributed by atoms with Gasteiger partial charge >= 0.3 is 6.36 Å². The number of alkyl halides is 3. The zero-order valence-corrected chi connectivity index (χ0v) is 13.2. The first kappa shape index (κ1) is 15.0. The number of nitrogens with zero attached hydrogens (tertiary/aromatic N) is 1. The van der Waals surface area contributed by atoms with Crippen LogP contribution in [-0.4, -0.2) is 23.3 Å². The second-order valence-electron chi connectivity index (χ2n) is 4.95. The molecule has 1 N–H and O–H groups in total. The standard InChI is InChI=1S/C13H12BrF3N2OS/c14-8-3-4-9(10(5-8)20-13(15,16)17)19-12-18-6-11(21-12)7-1-2-7/h3-5,7,11H,1-2,6H2,(H,18,19). The minimum Gasteiger partial charge on any atom is -0.404 e. The fraction of sp³-hybridized carbons (Fsp3) is 0.462. The van der Waals surface area contributed by atoms with E-state index in [0.717, 1.165) is 6.54 Å². The Morgan fingerprint density at radius 1 is 1.33 bits per heavy atom. The van der Waals surface area contributed by atoms with Crippen molar-refractivity contribution in [1.82, 2.24) is 0 Å². The molecule has 0 aromatic heterocycles. The second kappa shape index (κ2) is 5.72. The molecule has 0 saturated heterocycles. The van der Waals surface area contributed by atoms with Crippen molar-refractivity contribution in [3.63, 3.8) is 0 Å². The first-order valence-electron chi connectivity index (χ1n) is 6.44. The molecule has 1 unspecified atom stereocenters. The number of halogens is 4. The number of thioether (sulfide) groups is 1. The average molecular weight is 381 g/mol. The lowest BCUT2D eigenvalue weighted by Gasteiger charge is -2.15. The summed E-state index contributed by atoms with van der Waals surface area (Å²) in [5, 5.41) is 4.05. The van der Waals surface area contributed by atoms with Gasteiger partial charge in [-0.3, -0.25) is 4.99 Å². The highest BCUT2D eigenvalue weighted by Crippen LogP contribution is 2.42. The molecule has 3 rings (SSSR count). The number of hydrogen-bond donors (Lipinski definition) is 1. The van der Waals surface area contributed by atoms with E-state index in [9.17, 15) is 13.2 Å². The van der Waals surface area contributed by atoms with Crippen molar-refractivity contribution < 1.29 is 17.9 Å². The number of nitrogens with one attached hydrogen (secondary N) is 1. The maximum atomic E-state index is 12.4. The van der Waals surface area contributed by atoms with E-state index in [1.807, 2.05) is 0 Å². The van der Waals surface area contributed by atoms with Crippen molar-refractivity contribution in [3.8, 4) is 5.75 Å². The molecular weight excluding hydrogens is 369 g/mol. The Morgan fingerprint density at radius 3 is 2.76 bits per heavy atom. The third kappa shape index (κ3) is 4.06. The van der Waals surface area contributed by atoms with Gasteiger partial charge in [0, 0.05) is 9.72 Å². The largest absolute Gasteiger partial charge is 0.573 e. The minimum absolute atomic E-state index is 0.262. The van der Waals surface area contributed by atoms with Crippen molar-refractivity contribution in [3.05, 3.63) is 22.7 Å². The van der Waals surface area contributed by atoms with Crippen molar-refractivity contribution >= 4 is 38.5 Å². The lowest BCUT2D eigenvalue weighted by atomic mass is 10.3. The van der Waals surface area contributed by atoms with Gasteiger partial charge in [-0.15, -0.1) is 13.2 Å². The van der Waals surface area contributed by atoms with E-state index >= 15 is 0 Å². The van der Waals surface area contributed by atoms with Gasteiger partial charge in [0.05, 0.1) is 12.2 Å². The molecule has 1 aromatic rings. The Kier molecular flexibility index (Phi) is 4.09. The molecule has 1 fully saturated rings. The van der Waals surface area contributed by atoms with Crippen LogP contribution in [0.5, 0.6) is 5.75 Å². The molecule has 0 radical (unpaired) electrons. The van der Waals surface area contributed by atoms with E-state index < -0.39 is 6.36 Å². The molecule has 3 nitrogen and oxygen atoms in total. The minimum atomic E-state index is -4.72. The van der Waals surface area contributed by atoms with Gasteiger partial charge in [0.25, 0.3) is 0 Å². The number of hydrogen-bond acceptors (Lipinski definition) is 4. The topological polar surface area (TPSA) is 33.6 Å². The Morgan fingerprint density at radius 2 is 2.10 bits per heavy atom. The van der Waals surface area contributed by atoms with Crippen LogP contribution < -0.4 is 10.1 Å². The number of anilines is 1. The predicted molar refractivity (Wildman–Crippen MR) is 80.9 cm³/mol. The fourth-order valence-corrected chi connectivity index (χ4v) is 3.66. The van der Waals surface area contributed by atoms with E-state index in [0.29, 0.717) is 20.8 Å². The van der Waals surface area contributed by atoms with Crippen LogP contribution in [0, 0.1) is 5.92 Å². The summed E-state index contributed by atoms with van der Waals surface area (Å²) in [4.78, 5) is 4.35. The molecule has 2 aliphatic rings. The number of ether oxygens (including phenoxy) is 1. The monoisotopic (exact) mass is 380 g/mol. The van der Waals surface area contributed by atoms with E-state index in [-0.39, 0.29) is 11.4 Å². The van der Waals surface area contributed by atoms with Gasteiger partial charge in [0.15, 0.2) is 10.9 Å². The molecule has 1 aliphatic carbocycles. The molecule has 1 saturated carbocycles. The van der Waals surface area contributed by atoms with Crippen LogP contribution >= 0.6 is 27.7 Å². The van der Waals surface area contributed by atoms with Gasteiger partial charge in [-0.2, -0.15) is 0 Å². The third-order valence-electron chi connectivity index (χ3n) is 3.24. The van der Waals surface area contributed by atoms with Gasteiger partial charge in [-0.1, -0.05) is 27.7 Å². The van der Waals surface area contributed by atoms with Gasteiger partial charge < -0.3 is 10.1 Å². The molecule has 0 spiro atoms. The van der Waals surface area contributed by atoms with E-state index in [1.54, 1.807) is 23.9 Å². The molecule has 8 heteroatoms.